The van der Waals surface area contributed by atoms with Crippen molar-refractivity contribution < 1.29 is 9.31 Å². The normalized spacial score (nSPS) is 20.3. The second kappa shape index (κ2) is 4.83. The number of pyridine rings is 1. The molecule has 1 aromatic heterocycles. The van der Waals surface area contributed by atoms with Crippen LogP contribution in [0.2, 0.25) is 5.15 Å². The number of hydrogen-bond donors (Lipinski definition) is 0. The summed E-state index contributed by atoms with van der Waals surface area (Å²) in [6.07, 6.45) is 5.83. The van der Waals surface area contributed by atoms with Crippen LogP contribution >= 0.6 is 11.6 Å². The summed E-state index contributed by atoms with van der Waals surface area (Å²) in [6.45, 7) is 8.00. The van der Waals surface area contributed by atoms with Gasteiger partial charge in [0, 0.05) is 6.42 Å². The van der Waals surface area contributed by atoms with Crippen LogP contribution < -0.4 is 5.59 Å². The molecule has 0 saturated carbocycles. The van der Waals surface area contributed by atoms with E-state index < -0.39 is 18.3 Å². The zero-order chi connectivity index (χ0) is 14.3. The second-order valence-electron chi connectivity index (χ2n) is 5.69. The summed E-state index contributed by atoms with van der Waals surface area (Å²) in [7, 11) is -0.514. The van der Waals surface area contributed by atoms with E-state index in [1.165, 1.54) is 0 Å². The summed E-state index contributed by atoms with van der Waals surface area (Å²) in [5, 5.41) is 0.400. The third-order valence-electron chi connectivity index (χ3n) is 3.67. The topological polar surface area (TPSA) is 31.4 Å². The molecule has 0 aromatic carbocycles. The lowest BCUT2D eigenvalue weighted by atomic mass is 9.83. The zero-order valence-corrected chi connectivity index (χ0v) is 12.4. The van der Waals surface area contributed by atoms with E-state index in [4.69, 9.17) is 27.3 Å². The number of terminal acetylenes is 1. The molecule has 2 rings (SSSR count). The maximum absolute atomic E-state index is 6.02. The van der Waals surface area contributed by atoms with Crippen LogP contribution in [0.25, 0.3) is 0 Å². The van der Waals surface area contributed by atoms with Crippen molar-refractivity contribution in [1.82, 2.24) is 4.98 Å². The molecule has 19 heavy (non-hydrogen) atoms. The first-order valence-corrected chi connectivity index (χ1v) is 6.58. The lowest BCUT2D eigenvalue weighted by molar-refractivity contribution is 0.00578. The van der Waals surface area contributed by atoms with Gasteiger partial charge in [0.2, 0.25) is 0 Å². The summed E-state index contributed by atoms with van der Waals surface area (Å²) >= 11 is 6.02. The highest BCUT2D eigenvalue weighted by Crippen LogP contribution is 2.36. The molecule has 5 heteroatoms. The maximum Gasteiger partial charge on any atom is 0.514 e. The second-order valence-corrected chi connectivity index (χ2v) is 6.08. The zero-order valence-electron chi connectivity index (χ0n) is 11.7. The Morgan fingerprint density at radius 1 is 1.26 bits per heavy atom. The number of halogens is 1. The average molecular weight is 278 g/mol. The van der Waals surface area contributed by atoms with Gasteiger partial charge in [-0.1, -0.05) is 11.6 Å². The van der Waals surface area contributed by atoms with Crippen LogP contribution in [-0.4, -0.2) is 23.3 Å². The van der Waals surface area contributed by atoms with Gasteiger partial charge in [0.15, 0.2) is 0 Å². The third kappa shape index (κ3) is 2.79. The van der Waals surface area contributed by atoms with Crippen LogP contribution in [-0.2, 0) is 15.7 Å². The lowest BCUT2D eigenvalue weighted by Gasteiger charge is -2.32. The van der Waals surface area contributed by atoms with E-state index in [1.807, 2.05) is 33.8 Å². The van der Waals surface area contributed by atoms with Crippen molar-refractivity contribution in [3.63, 3.8) is 0 Å². The van der Waals surface area contributed by atoms with Gasteiger partial charge in [0.25, 0.3) is 0 Å². The Kier molecular flexibility index (Phi) is 3.66. The smallest absolute Gasteiger partial charge is 0.398 e. The van der Waals surface area contributed by atoms with Gasteiger partial charge in [-0.3, -0.25) is 0 Å². The summed E-state index contributed by atoms with van der Waals surface area (Å²) < 4.78 is 11.9. The SMILES string of the molecule is C#CCc1cc(Cl)nc(B2OC(C)(C)C(C)(C)O2)c1. The molecule has 1 aromatic rings. The highest BCUT2D eigenvalue weighted by atomic mass is 35.5. The first-order valence-electron chi connectivity index (χ1n) is 6.21. The fraction of sp³-hybridized carbons (Fsp3) is 0.500. The Morgan fingerprint density at radius 3 is 2.37 bits per heavy atom. The number of nitrogens with zero attached hydrogens (tertiary/aromatic N) is 1. The Labute approximate surface area is 119 Å². The number of aromatic nitrogens is 1. The fourth-order valence-corrected chi connectivity index (χ4v) is 2.11. The van der Waals surface area contributed by atoms with E-state index in [0.717, 1.165) is 5.56 Å². The van der Waals surface area contributed by atoms with Crippen molar-refractivity contribution in [2.45, 2.75) is 45.3 Å². The molecule has 1 fully saturated rings. The quantitative estimate of drug-likeness (QED) is 0.472. The van der Waals surface area contributed by atoms with Crippen LogP contribution in [0, 0.1) is 12.3 Å². The van der Waals surface area contributed by atoms with Gasteiger partial charge in [0.1, 0.15) is 5.15 Å². The van der Waals surface area contributed by atoms with Crippen LogP contribution in [0.5, 0.6) is 0 Å². The van der Waals surface area contributed by atoms with Crippen LogP contribution in [0.1, 0.15) is 33.3 Å². The summed E-state index contributed by atoms with van der Waals surface area (Å²) in [5.41, 5.74) is 0.811. The molecule has 0 aliphatic carbocycles. The van der Waals surface area contributed by atoms with E-state index in [1.54, 1.807) is 6.07 Å². The molecule has 100 valence electrons. The fourth-order valence-electron chi connectivity index (χ4n) is 1.88. The molecular weight excluding hydrogens is 260 g/mol. The van der Waals surface area contributed by atoms with E-state index >= 15 is 0 Å². The largest absolute Gasteiger partial charge is 0.514 e. The third-order valence-corrected chi connectivity index (χ3v) is 3.87. The molecule has 1 aliphatic heterocycles. The van der Waals surface area contributed by atoms with E-state index in [-0.39, 0.29) is 0 Å². The van der Waals surface area contributed by atoms with Crippen molar-refractivity contribution in [3.05, 3.63) is 22.8 Å². The summed E-state index contributed by atoms with van der Waals surface area (Å²) in [4.78, 5) is 4.28. The van der Waals surface area contributed by atoms with Crippen LogP contribution in [0.4, 0.5) is 0 Å². The van der Waals surface area contributed by atoms with E-state index in [2.05, 4.69) is 10.9 Å². The highest BCUT2D eigenvalue weighted by molar-refractivity contribution is 6.61. The van der Waals surface area contributed by atoms with Gasteiger partial charge in [-0.2, -0.15) is 0 Å². The molecule has 0 atom stereocenters. The van der Waals surface area contributed by atoms with Crippen LogP contribution in [0.15, 0.2) is 12.1 Å². The Bertz CT molecular complexity index is 521. The van der Waals surface area contributed by atoms with E-state index in [0.29, 0.717) is 17.2 Å². The molecule has 0 spiro atoms. The molecule has 1 saturated heterocycles. The molecule has 0 bridgehead atoms. The first kappa shape index (κ1) is 14.4. The summed E-state index contributed by atoms with van der Waals surface area (Å²) in [5.74, 6) is 2.59. The Hall–Kier alpha value is -1.02. The van der Waals surface area contributed by atoms with Gasteiger partial charge in [-0.05, 0) is 45.4 Å². The number of rotatable bonds is 2. The Balaban J connectivity index is 2.32. The highest BCUT2D eigenvalue weighted by Gasteiger charge is 2.52. The first-order chi connectivity index (χ1) is 8.75. The molecule has 2 heterocycles. The molecule has 1 aliphatic rings. The molecule has 0 N–H and O–H groups in total. The molecule has 0 radical (unpaired) electrons. The average Bonchev–Trinajstić information content (AvgIpc) is 2.48. The van der Waals surface area contributed by atoms with Crippen molar-refractivity contribution in [1.29, 1.82) is 0 Å². The standard InChI is InChI=1S/C14H17BClNO2/c1-6-7-10-8-11(17-12(16)9-10)15-18-13(2,3)14(4,5)19-15/h1,8-9H,7H2,2-5H3. The minimum atomic E-state index is -0.514. The predicted molar refractivity (Wildman–Crippen MR) is 77.5 cm³/mol. The van der Waals surface area contributed by atoms with Gasteiger partial charge < -0.3 is 9.31 Å². The maximum atomic E-state index is 6.02. The van der Waals surface area contributed by atoms with Gasteiger partial charge in [0.05, 0.1) is 16.8 Å². The predicted octanol–water partition coefficient (Wildman–Crippen LogP) is 2.21. The monoisotopic (exact) mass is 277 g/mol. The molecule has 3 nitrogen and oxygen atoms in total. The van der Waals surface area contributed by atoms with Crippen molar-refractivity contribution in [3.8, 4) is 12.3 Å². The van der Waals surface area contributed by atoms with Gasteiger partial charge >= 0.3 is 7.12 Å². The minimum absolute atomic E-state index is 0.395. The van der Waals surface area contributed by atoms with E-state index in [9.17, 15) is 0 Å². The Morgan fingerprint density at radius 2 is 1.84 bits per heavy atom. The number of hydrogen-bond acceptors (Lipinski definition) is 3. The van der Waals surface area contributed by atoms with Crippen molar-refractivity contribution in [2.75, 3.05) is 0 Å². The summed E-state index contributed by atoms with van der Waals surface area (Å²) in [6, 6.07) is 3.64. The molecule has 0 amide bonds. The molecular formula is C14H17BClNO2. The molecule has 0 unspecified atom stereocenters. The van der Waals surface area contributed by atoms with Crippen molar-refractivity contribution in [2.24, 2.45) is 0 Å². The van der Waals surface area contributed by atoms with Gasteiger partial charge in [-0.25, -0.2) is 4.98 Å². The lowest BCUT2D eigenvalue weighted by Crippen LogP contribution is -2.41. The minimum Gasteiger partial charge on any atom is -0.398 e. The van der Waals surface area contributed by atoms with Crippen LogP contribution in [0.3, 0.4) is 0 Å². The van der Waals surface area contributed by atoms with Gasteiger partial charge in [-0.15, -0.1) is 12.3 Å². The van der Waals surface area contributed by atoms with Crippen molar-refractivity contribution >= 4 is 24.3 Å².